The summed E-state index contributed by atoms with van der Waals surface area (Å²) in [7, 11) is 0. The molecule has 0 spiro atoms. The van der Waals surface area contributed by atoms with E-state index in [1.54, 1.807) is 0 Å². The van der Waals surface area contributed by atoms with Crippen molar-refractivity contribution in [1.82, 2.24) is 0 Å². The van der Waals surface area contributed by atoms with Crippen LogP contribution in [0.4, 0.5) is 0 Å². The van der Waals surface area contributed by atoms with Crippen molar-refractivity contribution in [2.45, 2.75) is 6.10 Å². The minimum absolute atomic E-state index is 0.157. The third kappa shape index (κ3) is 1.94. The van der Waals surface area contributed by atoms with Gasteiger partial charge in [0.25, 0.3) is 0 Å². The number of nitrogens with two attached hydrogens (primary N) is 1. The fourth-order valence-corrected chi connectivity index (χ4v) is 2.23. The van der Waals surface area contributed by atoms with E-state index in [1.807, 2.05) is 36.4 Å². The number of hydrogen-bond donors (Lipinski definition) is 1. The molecule has 0 aliphatic carbocycles. The van der Waals surface area contributed by atoms with Crippen LogP contribution in [0.5, 0.6) is 5.75 Å². The van der Waals surface area contributed by atoms with Gasteiger partial charge in [0.2, 0.25) is 0 Å². The molecule has 2 aromatic rings. The van der Waals surface area contributed by atoms with Gasteiger partial charge < -0.3 is 15.2 Å². The zero-order valence-electron chi connectivity index (χ0n) is 9.76. The van der Waals surface area contributed by atoms with Gasteiger partial charge >= 0.3 is 0 Å². The van der Waals surface area contributed by atoms with E-state index in [9.17, 15) is 0 Å². The largest absolute Gasteiger partial charge is 0.485 e. The van der Waals surface area contributed by atoms with Crippen LogP contribution in [0.2, 0.25) is 0 Å². The van der Waals surface area contributed by atoms with Crippen molar-refractivity contribution in [3.8, 4) is 5.75 Å². The Bertz CT molecular complexity index is 608. The van der Waals surface area contributed by atoms with E-state index < -0.39 is 0 Å². The topological polar surface area (TPSA) is 44.5 Å². The molecule has 1 aliphatic heterocycles. The maximum Gasteiger partial charge on any atom is 0.145 e. The molecule has 3 rings (SSSR count). The van der Waals surface area contributed by atoms with Gasteiger partial charge in [0.05, 0.1) is 13.2 Å². The van der Waals surface area contributed by atoms with Gasteiger partial charge in [-0.3, -0.25) is 0 Å². The Hall–Kier alpha value is -1.65. The molecular formula is C14H13NO2S. The van der Waals surface area contributed by atoms with Crippen molar-refractivity contribution in [2.24, 2.45) is 5.73 Å². The van der Waals surface area contributed by atoms with E-state index in [2.05, 4.69) is 0 Å². The van der Waals surface area contributed by atoms with Crippen LogP contribution in [-0.2, 0) is 4.74 Å². The second kappa shape index (κ2) is 4.55. The van der Waals surface area contributed by atoms with Gasteiger partial charge in [0, 0.05) is 10.9 Å². The molecule has 92 valence electrons. The van der Waals surface area contributed by atoms with E-state index >= 15 is 0 Å². The van der Waals surface area contributed by atoms with Gasteiger partial charge in [-0.05, 0) is 17.5 Å². The molecule has 1 heterocycles. The van der Waals surface area contributed by atoms with E-state index in [-0.39, 0.29) is 6.10 Å². The molecule has 0 aromatic heterocycles. The third-order valence-electron chi connectivity index (χ3n) is 3.05. The molecule has 0 bridgehead atoms. The minimum Gasteiger partial charge on any atom is -0.485 e. The Morgan fingerprint density at radius 3 is 2.50 bits per heavy atom. The summed E-state index contributed by atoms with van der Waals surface area (Å²) in [6, 6.07) is 11.8. The van der Waals surface area contributed by atoms with E-state index in [0.29, 0.717) is 18.2 Å². The van der Waals surface area contributed by atoms with Gasteiger partial charge in [-0.2, -0.15) is 0 Å². The molecule has 1 saturated heterocycles. The lowest BCUT2D eigenvalue weighted by Crippen LogP contribution is -2.38. The monoisotopic (exact) mass is 259 g/mol. The molecule has 2 N–H and O–H groups in total. The maximum atomic E-state index is 5.89. The molecule has 0 saturated carbocycles. The van der Waals surface area contributed by atoms with Gasteiger partial charge in [0.15, 0.2) is 0 Å². The van der Waals surface area contributed by atoms with Crippen LogP contribution in [0.3, 0.4) is 0 Å². The molecule has 0 atom stereocenters. The Labute approximate surface area is 110 Å². The lowest BCUT2D eigenvalue weighted by atomic mass is 10.0. The summed E-state index contributed by atoms with van der Waals surface area (Å²) >= 11 is 5.07. The first-order chi connectivity index (χ1) is 8.75. The Morgan fingerprint density at radius 1 is 1.17 bits per heavy atom. The first kappa shape index (κ1) is 11.4. The zero-order chi connectivity index (χ0) is 12.5. The van der Waals surface area contributed by atoms with Gasteiger partial charge in [0.1, 0.15) is 16.8 Å². The second-order valence-corrected chi connectivity index (χ2v) is 4.74. The molecule has 0 unspecified atom stereocenters. The highest BCUT2D eigenvalue weighted by Crippen LogP contribution is 2.30. The van der Waals surface area contributed by atoms with Crippen molar-refractivity contribution >= 4 is 28.0 Å². The van der Waals surface area contributed by atoms with Crippen LogP contribution in [0.25, 0.3) is 10.8 Å². The number of ether oxygens (including phenoxy) is 2. The number of fused-ring (bicyclic) bond motifs is 1. The van der Waals surface area contributed by atoms with Crippen LogP contribution < -0.4 is 10.5 Å². The van der Waals surface area contributed by atoms with Crippen LogP contribution in [0.15, 0.2) is 36.4 Å². The smallest absolute Gasteiger partial charge is 0.145 e. The van der Waals surface area contributed by atoms with E-state index in [0.717, 1.165) is 22.1 Å². The Kier molecular flexibility index (Phi) is 2.89. The molecule has 1 fully saturated rings. The average molecular weight is 259 g/mol. The lowest BCUT2D eigenvalue weighted by molar-refractivity contribution is -0.0791. The molecule has 1 aliphatic rings. The molecule has 4 heteroatoms. The average Bonchev–Trinajstić information content (AvgIpc) is 2.33. The molecule has 2 aromatic carbocycles. The maximum absolute atomic E-state index is 5.89. The number of benzene rings is 2. The summed E-state index contributed by atoms with van der Waals surface area (Å²) in [5.41, 5.74) is 6.63. The normalized spacial score (nSPS) is 15.3. The summed E-state index contributed by atoms with van der Waals surface area (Å²) < 4.78 is 11.0. The van der Waals surface area contributed by atoms with Gasteiger partial charge in [-0.25, -0.2) is 0 Å². The van der Waals surface area contributed by atoms with Gasteiger partial charge in [-0.15, -0.1) is 0 Å². The highest BCUT2D eigenvalue weighted by atomic mass is 32.1. The highest BCUT2D eigenvalue weighted by Gasteiger charge is 2.21. The van der Waals surface area contributed by atoms with Crippen molar-refractivity contribution in [3.63, 3.8) is 0 Å². The fourth-order valence-electron chi connectivity index (χ4n) is 2.05. The zero-order valence-corrected chi connectivity index (χ0v) is 10.6. The van der Waals surface area contributed by atoms with E-state index in [4.69, 9.17) is 27.4 Å². The summed E-state index contributed by atoms with van der Waals surface area (Å²) in [6.07, 6.45) is 0.157. The number of thiocarbonyl (C=S) groups is 1. The lowest BCUT2D eigenvalue weighted by Gasteiger charge is -2.27. The number of hydrogen-bond acceptors (Lipinski definition) is 3. The van der Waals surface area contributed by atoms with Crippen molar-refractivity contribution in [1.29, 1.82) is 0 Å². The summed E-state index contributed by atoms with van der Waals surface area (Å²) in [4.78, 5) is 0.407. The molecule has 0 amide bonds. The van der Waals surface area contributed by atoms with Crippen LogP contribution >= 0.6 is 12.2 Å². The Balaban J connectivity index is 2.10. The van der Waals surface area contributed by atoms with Crippen molar-refractivity contribution < 1.29 is 9.47 Å². The SMILES string of the molecule is NC(=S)c1ccc(OC2COC2)c2ccccc12. The number of rotatable bonds is 3. The summed E-state index contributed by atoms with van der Waals surface area (Å²) in [5, 5.41) is 2.07. The predicted molar refractivity (Wildman–Crippen MR) is 75.1 cm³/mol. The third-order valence-corrected chi connectivity index (χ3v) is 3.27. The van der Waals surface area contributed by atoms with Crippen LogP contribution in [-0.4, -0.2) is 24.3 Å². The first-order valence-corrected chi connectivity index (χ1v) is 6.22. The van der Waals surface area contributed by atoms with Crippen molar-refractivity contribution in [2.75, 3.05) is 13.2 Å². The second-order valence-electron chi connectivity index (χ2n) is 4.30. The molecule has 18 heavy (non-hydrogen) atoms. The molecule has 0 radical (unpaired) electrons. The van der Waals surface area contributed by atoms with Crippen LogP contribution in [0.1, 0.15) is 5.56 Å². The van der Waals surface area contributed by atoms with E-state index in [1.165, 1.54) is 0 Å². The minimum atomic E-state index is 0.157. The highest BCUT2D eigenvalue weighted by molar-refractivity contribution is 7.80. The van der Waals surface area contributed by atoms with Crippen molar-refractivity contribution in [3.05, 3.63) is 42.0 Å². The fraction of sp³-hybridized carbons (Fsp3) is 0.214. The summed E-state index contributed by atoms with van der Waals surface area (Å²) in [5.74, 6) is 0.860. The molecular weight excluding hydrogens is 246 g/mol. The summed E-state index contributed by atoms with van der Waals surface area (Å²) in [6.45, 7) is 1.32. The molecule has 3 nitrogen and oxygen atoms in total. The predicted octanol–water partition coefficient (Wildman–Crippen LogP) is 2.25. The Morgan fingerprint density at radius 2 is 1.89 bits per heavy atom. The standard InChI is InChI=1S/C14H13NO2S/c15-14(18)12-5-6-13(17-9-7-16-8-9)11-4-2-1-3-10(11)12/h1-6,9H,7-8H2,(H2,15,18). The van der Waals surface area contributed by atoms with Crippen LogP contribution in [0, 0.1) is 0 Å². The first-order valence-electron chi connectivity index (χ1n) is 5.81. The quantitative estimate of drug-likeness (QED) is 0.859. The van der Waals surface area contributed by atoms with Gasteiger partial charge in [-0.1, -0.05) is 36.5 Å².